The largest absolute Gasteiger partial charge is 0.461 e. The zero-order valence-corrected chi connectivity index (χ0v) is 8.63. The second-order valence-corrected chi connectivity index (χ2v) is 3.62. The lowest BCUT2D eigenvalue weighted by molar-refractivity contribution is -0.118. The minimum absolute atomic E-state index is 0.233. The van der Waals surface area contributed by atoms with Crippen molar-refractivity contribution in [2.75, 3.05) is 6.61 Å². The average molecular weight is 207 g/mol. The van der Waals surface area contributed by atoms with E-state index < -0.39 is 0 Å². The number of aromatic nitrogens is 1. The average Bonchev–Trinajstić information content (AvgIpc) is 2.60. The lowest BCUT2D eigenvalue weighted by Crippen LogP contribution is -2.11. The molecule has 1 aromatic heterocycles. The highest BCUT2D eigenvalue weighted by Gasteiger charge is 2.20. The Kier molecular flexibility index (Phi) is 2.58. The van der Waals surface area contributed by atoms with Crippen molar-refractivity contribution in [3.63, 3.8) is 0 Å². The Hall–Kier alpha value is -1.58. The fourth-order valence-electron chi connectivity index (χ4n) is 1.81. The number of ether oxygens (including phenoxy) is 1. The molecule has 0 radical (unpaired) electrons. The molecule has 0 saturated heterocycles. The van der Waals surface area contributed by atoms with Crippen LogP contribution in [0.3, 0.4) is 0 Å². The first-order chi connectivity index (χ1) is 7.20. The number of hydrogen-bond acceptors (Lipinski definition) is 3. The van der Waals surface area contributed by atoms with E-state index in [4.69, 9.17) is 4.74 Å². The van der Waals surface area contributed by atoms with Crippen molar-refractivity contribution in [2.45, 2.75) is 26.2 Å². The predicted molar refractivity (Wildman–Crippen MR) is 53.8 cm³/mol. The Bertz CT molecular complexity index is 406. The van der Waals surface area contributed by atoms with Crippen LogP contribution in [0, 0.1) is 0 Å². The van der Waals surface area contributed by atoms with E-state index in [0.717, 1.165) is 11.3 Å². The summed E-state index contributed by atoms with van der Waals surface area (Å²) in [6.07, 6.45) is 1.70. The van der Waals surface area contributed by atoms with Crippen molar-refractivity contribution < 1.29 is 14.3 Å². The topological polar surface area (TPSA) is 59.2 Å². The number of esters is 1. The number of carbonyl (C=O) groups is 2. The lowest BCUT2D eigenvalue weighted by atomic mass is 9.97. The molecule has 0 unspecified atom stereocenters. The standard InChI is InChI=1S/C11H13NO3/c1-2-15-11(14)10-6-7-5-8(13)3-4-9(7)12-10/h6,12H,2-5H2,1H3. The number of hydrogen-bond donors (Lipinski definition) is 1. The SMILES string of the molecule is CCOC(=O)c1cc2c([nH]1)CCC(=O)C2. The van der Waals surface area contributed by atoms with Crippen molar-refractivity contribution in [3.8, 4) is 0 Å². The normalized spacial score (nSPS) is 14.9. The van der Waals surface area contributed by atoms with Gasteiger partial charge in [0.15, 0.2) is 0 Å². The molecule has 0 fully saturated rings. The van der Waals surface area contributed by atoms with Gasteiger partial charge in [-0.15, -0.1) is 0 Å². The second-order valence-electron chi connectivity index (χ2n) is 3.62. The summed E-state index contributed by atoms with van der Waals surface area (Å²) in [7, 11) is 0. The Labute approximate surface area is 87.6 Å². The smallest absolute Gasteiger partial charge is 0.354 e. The van der Waals surface area contributed by atoms with Crippen molar-refractivity contribution in [1.82, 2.24) is 4.98 Å². The Morgan fingerprint density at radius 1 is 1.53 bits per heavy atom. The molecule has 1 aliphatic rings. The number of ketones is 1. The van der Waals surface area contributed by atoms with Gasteiger partial charge in [-0.1, -0.05) is 0 Å². The molecule has 0 spiro atoms. The van der Waals surface area contributed by atoms with Gasteiger partial charge in [-0.25, -0.2) is 4.79 Å². The van der Waals surface area contributed by atoms with Gasteiger partial charge in [0.25, 0.3) is 0 Å². The van der Waals surface area contributed by atoms with E-state index in [0.29, 0.717) is 31.6 Å². The van der Waals surface area contributed by atoms with Crippen LogP contribution in [0.4, 0.5) is 0 Å². The number of aromatic amines is 1. The maximum atomic E-state index is 11.4. The molecule has 1 aromatic rings. The molecule has 4 heteroatoms. The molecule has 15 heavy (non-hydrogen) atoms. The first-order valence-electron chi connectivity index (χ1n) is 5.10. The van der Waals surface area contributed by atoms with Gasteiger partial charge in [0.2, 0.25) is 0 Å². The van der Waals surface area contributed by atoms with Gasteiger partial charge < -0.3 is 9.72 Å². The van der Waals surface area contributed by atoms with Gasteiger partial charge in [0.1, 0.15) is 11.5 Å². The second kappa shape index (κ2) is 3.88. The van der Waals surface area contributed by atoms with Crippen molar-refractivity contribution >= 4 is 11.8 Å². The summed E-state index contributed by atoms with van der Waals surface area (Å²) < 4.78 is 4.88. The van der Waals surface area contributed by atoms with E-state index in [-0.39, 0.29) is 11.8 Å². The first kappa shape index (κ1) is 9.96. The van der Waals surface area contributed by atoms with E-state index in [9.17, 15) is 9.59 Å². The van der Waals surface area contributed by atoms with Gasteiger partial charge in [-0.2, -0.15) is 0 Å². The first-order valence-corrected chi connectivity index (χ1v) is 5.10. The van der Waals surface area contributed by atoms with Crippen molar-refractivity contribution in [2.24, 2.45) is 0 Å². The van der Waals surface area contributed by atoms with Crippen molar-refractivity contribution in [1.29, 1.82) is 0 Å². The van der Waals surface area contributed by atoms with Crippen LogP contribution in [0.1, 0.15) is 35.1 Å². The number of H-pyrrole nitrogens is 1. The lowest BCUT2D eigenvalue weighted by Gasteiger charge is -2.08. The third-order valence-electron chi connectivity index (χ3n) is 2.53. The van der Waals surface area contributed by atoms with Gasteiger partial charge in [-0.05, 0) is 25.0 Å². The minimum Gasteiger partial charge on any atom is -0.461 e. The maximum absolute atomic E-state index is 11.4. The monoisotopic (exact) mass is 207 g/mol. The van der Waals surface area contributed by atoms with Crippen LogP contribution in [0.15, 0.2) is 6.07 Å². The fourth-order valence-corrected chi connectivity index (χ4v) is 1.81. The number of aryl methyl sites for hydroxylation is 1. The van der Waals surface area contributed by atoms with Crippen LogP contribution in [-0.4, -0.2) is 23.3 Å². The van der Waals surface area contributed by atoms with E-state index in [1.807, 2.05) is 0 Å². The summed E-state index contributed by atoms with van der Waals surface area (Å²) >= 11 is 0. The maximum Gasteiger partial charge on any atom is 0.354 e. The molecule has 0 amide bonds. The molecule has 0 aromatic carbocycles. The van der Waals surface area contributed by atoms with Gasteiger partial charge in [0, 0.05) is 18.5 Å². The third kappa shape index (κ3) is 1.93. The summed E-state index contributed by atoms with van der Waals surface area (Å²) in [6.45, 7) is 2.13. The highest BCUT2D eigenvalue weighted by atomic mass is 16.5. The van der Waals surface area contributed by atoms with Gasteiger partial charge >= 0.3 is 5.97 Å². The quantitative estimate of drug-likeness (QED) is 0.742. The Balaban J connectivity index is 2.22. The summed E-state index contributed by atoms with van der Waals surface area (Å²) in [5, 5.41) is 0. The number of carbonyl (C=O) groups excluding carboxylic acids is 2. The molecule has 80 valence electrons. The molecule has 0 saturated carbocycles. The summed E-state index contributed by atoms with van der Waals surface area (Å²) in [5.74, 6) is -0.115. The molecule has 0 aliphatic heterocycles. The Morgan fingerprint density at radius 2 is 2.33 bits per heavy atom. The molecule has 2 rings (SSSR count). The highest BCUT2D eigenvalue weighted by Crippen LogP contribution is 2.20. The number of Topliss-reactive ketones (excluding diaryl/α,β-unsaturated/α-hetero) is 1. The van der Waals surface area contributed by atoms with E-state index in [1.54, 1.807) is 13.0 Å². The van der Waals surface area contributed by atoms with Crippen LogP contribution < -0.4 is 0 Å². The number of fused-ring (bicyclic) bond motifs is 1. The molecule has 1 N–H and O–H groups in total. The van der Waals surface area contributed by atoms with Crippen LogP contribution in [0.25, 0.3) is 0 Å². The molecule has 1 aliphatic carbocycles. The van der Waals surface area contributed by atoms with Crippen LogP contribution >= 0.6 is 0 Å². The Morgan fingerprint density at radius 3 is 3.07 bits per heavy atom. The van der Waals surface area contributed by atoms with E-state index in [2.05, 4.69) is 4.98 Å². The van der Waals surface area contributed by atoms with Crippen LogP contribution in [0.5, 0.6) is 0 Å². The molecule has 0 bridgehead atoms. The number of rotatable bonds is 2. The highest BCUT2D eigenvalue weighted by molar-refractivity contribution is 5.89. The minimum atomic E-state index is -0.348. The van der Waals surface area contributed by atoms with Crippen LogP contribution in [0.2, 0.25) is 0 Å². The van der Waals surface area contributed by atoms with E-state index >= 15 is 0 Å². The molecular weight excluding hydrogens is 194 g/mol. The molecular formula is C11H13NO3. The molecule has 4 nitrogen and oxygen atoms in total. The van der Waals surface area contributed by atoms with Gasteiger partial charge in [-0.3, -0.25) is 4.79 Å². The molecule has 1 heterocycles. The van der Waals surface area contributed by atoms with Gasteiger partial charge in [0.05, 0.1) is 6.61 Å². The van der Waals surface area contributed by atoms with E-state index in [1.165, 1.54) is 0 Å². The van der Waals surface area contributed by atoms with Crippen molar-refractivity contribution in [3.05, 3.63) is 23.0 Å². The summed E-state index contributed by atoms with van der Waals surface area (Å²) in [4.78, 5) is 25.6. The van der Waals surface area contributed by atoms with Crippen LogP contribution in [-0.2, 0) is 22.4 Å². The summed E-state index contributed by atoms with van der Waals surface area (Å²) in [5.41, 5.74) is 2.39. The molecule has 0 atom stereocenters. The zero-order chi connectivity index (χ0) is 10.8. The third-order valence-corrected chi connectivity index (χ3v) is 2.53. The fraction of sp³-hybridized carbons (Fsp3) is 0.455. The zero-order valence-electron chi connectivity index (χ0n) is 8.63. The predicted octanol–water partition coefficient (Wildman–Crippen LogP) is 1.25. The number of nitrogens with one attached hydrogen (secondary N) is 1. The summed E-state index contributed by atoms with van der Waals surface area (Å²) in [6, 6.07) is 1.73.